The summed E-state index contributed by atoms with van der Waals surface area (Å²) in [5.74, 6) is 3.03. The zero-order chi connectivity index (χ0) is 13.5. The first-order chi connectivity index (χ1) is 9.12. The smallest absolute Gasteiger partial charge is 0.161 e. The molecule has 0 atom stereocenters. The number of fused-ring (bicyclic) bond motifs is 1. The molecular weight excluding hydrogens is 256 g/mol. The second kappa shape index (κ2) is 4.49. The maximum absolute atomic E-state index is 9.72. The van der Waals surface area contributed by atoms with E-state index in [1.165, 1.54) is 16.0 Å². The first-order valence-electron chi connectivity index (χ1n) is 6.30. The van der Waals surface area contributed by atoms with Gasteiger partial charge in [0, 0.05) is 11.5 Å². The summed E-state index contributed by atoms with van der Waals surface area (Å²) in [5, 5.41) is 9.72. The second-order valence-corrected chi connectivity index (χ2v) is 8.76. The standard InChI is InChI=1S/C16H18O2S/c1-18-16-9-14(7-8-15(16)17)19(2)10-12-5-3-4-6-13(12)11-19/h3-9,17H,10-11H2,1-2H3. The van der Waals surface area contributed by atoms with Crippen LogP contribution in [0.15, 0.2) is 47.4 Å². The van der Waals surface area contributed by atoms with Crippen molar-refractivity contribution in [2.45, 2.75) is 16.4 Å². The molecule has 19 heavy (non-hydrogen) atoms. The quantitative estimate of drug-likeness (QED) is 0.899. The maximum Gasteiger partial charge on any atom is 0.161 e. The Hall–Kier alpha value is -1.61. The highest BCUT2D eigenvalue weighted by Gasteiger charge is 2.30. The van der Waals surface area contributed by atoms with Gasteiger partial charge in [0.1, 0.15) is 0 Å². The molecule has 3 heteroatoms. The minimum atomic E-state index is -0.882. The summed E-state index contributed by atoms with van der Waals surface area (Å²) in [4.78, 5) is 1.30. The predicted octanol–water partition coefficient (Wildman–Crippen LogP) is 3.91. The third-order valence-corrected chi connectivity index (χ3v) is 7.08. The fourth-order valence-electron chi connectivity index (χ4n) is 2.71. The summed E-state index contributed by atoms with van der Waals surface area (Å²) in [6.07, 6.45) is 2.36. The summed E-state index contributed by atoms with van der Waals surface area (Å²) >= 11 is 0. The SMILES string of the molecule is COc1cc(S2(C)Cc3ccccc3C2)ccc1O. The van der Waals surface area contributed by atoms with E-state index in [9.17, 15) is 5.11 Å². The Morgan fingerprint density at radius 2 is 1.68 bits per heavy atom. The van der Waals surface area contributed by atoms with Crippen molar-refractivity contribution in [3.05, 3.63) is 53.6 Å². The molecule has 0 aromatic heterocycles. The highest BCUT2D eigenvalue weighted by molar-refractivity contribution is 8.32. The molecule has 0 aliphatic carbocycles. The average molecular weight is 274 g/mol. The van der Waals surface area contributed by atoms with Crippen molar-refractivity contribution in [2.75, 3.05) is 13.4 Å². The molecule has 2 aromatic rings. The van der Waals surface area contributed by atoms with Gasteiger partial charge in [0.05, 0.1) is 7.11 Å². The molecule has 1 heterocycles. The number of aromatic hydroxyl groups is 1. The van der Waals surface area contributed by atoms with Crippen LogP contribution in [0.4, 0.5) is 0 Å². The zero-order valence-corrected chi connectivity index (χ0v) is 12.0. The van der Waals surface area contributed by atoms with Gasteiger partial charge in [-0.3, -0.25) is 0 Å². The number of rotatable bonds is 2. The van der Waals surface area contributed by atoms with E-state index < -0.39 is 10.0 Å². The Kier molecular flexibility index (Phi) is 2.94. The molecular formula is C16H18O2S. The van der Waals surface area contributed by atoms with Gasteiger partial charge in [-0.25, -0.2) is 10.0 Å². The molecule has 3 rings (SSSR count). The van der Waals surface area contributed by atoms with Gasteiger partial charge in [-0.1, -0.05) is 24.3 Å². The van der Waals surface area contributed by atoms with Crippen molar-refractivity contribution in [1.82, 2.24) is 0 Å². The molecule has 0 amide bonds. The number of benzene rings is 2. The van der Waals surface area contributed by atoms with Crippen LogP contribution in [0, 0.1) is 0 Å². The molecule has 0 saturated heterocycles. The van der Waals surface area contributed by atoms with Crippen LogP contribution < -0.4 is 4.74 Å². The van der Waals surface area contributed by atoms with Crippen LogP contribution in [0.5, 0.6) is 11.5 Å². The lowest BCUT2D eigenvalue weighted by Crippen LogP contribution is -1.98. The van der Waals surface area contributed by atoms with E-state index in [0.717, 1.165) is 11.5 Å². The third kappa shape index (κ3) is 2.08. The number of ether oxygens (including phenoxy) is 1. The van der Waals surface area contributed by atoms with E-state index in [1.54, 1.807) is 13.2 Å². The normalized spacial score (nSPS) is 17.8. The summed E-state index contributed by atoms with van der Waals surface area (Å²) in [6, 6.07) is 14.5. The highest BCUT2D eigenvalue weighted by Crippen LogP contribution is 2.63. The van der Waals surface area contributed by atoms with Crippen molar-refractivity contribution >= 4 is 10.0 Å². The van der Waals surface area contributed by atoms with E-state index in [4.69, 9.17) is 4.74 Å². The number of phenolic OH excluding ortho intramolecular Hbond substituents is 1. The number of phenols is 1. The molecule has 100 valence electrons. The molecule has 0 unspecified atom stereocenters. The molecule has 0 spiro atoms. The Bertz CT molecular complexity index is 597. The Morgan fingerprint density at radius 1 is 1.05 bits per heavy atom. The van der Waals surface area contributed by atoms with Crippen molar-refractivity contribution in [1.29, 1.82) is 0 Å². The Balaban J connectivity index is 2.00. The van der Waals surface area contributed by atoms with E-state index in [-0.39, 0.29) is 5.75 Å². The van der Waals surface area contributed by atoms with E-state index in [2.05, 4.69) is 30.5 Å². The van der Waals surface area contributed by atoms with Gasteiger partial charge in [-0.15, -0.1) is 0 Å². The highest BCUT2D eigenvalue weighted by atomic mass is 32.3. The fourth-order valence-corrected chi connectivity index (χ4v) is 5.87. The number of hydrogen-bond donors (Lipinski definition) is 1. The molecule has 1 N–H and O–H groups in total. The van der Waals surface area contributed by atoms with Gasteiger partial charge in [-0.05, 0) is 40.5 Å². The first-order valence-corrected chi connectivity index (χ1v) is 8.68. The third-order valence-electron chi connectivity index (χ3n) is 3.79. The molecule has 2 nitrogen and oxygen atoms in total. The summed E-state index contributed by atoms with van der Waals surface area (Å²) < 4.78 is 5.23. The van der Waals surface area contributed by atoms with Gasteiger partial charge in [-0.2, -0.15) is 0 Å². The first kappa shape index (κ1) is 12.4. The lowest BCUT2D eigenvalue weighted by atomic mass is 10.1. The van der Waals surface area contributed by atoms with Gasteiger partial charge in [0.25, 0.3) is 0 Å². The maximum atomic E-state index is 9.72. The van der Waals surface area contributed by atoms with Gasteiger partial charge in [0.15, 0.2) is 11.5 Å². The molecule has 0 saturated carbocycles. The molecule has 1 aliphatic rings. The molecule has 0 fully saturated rings. The van der Waals surface area contributed by atoms with Crippen LogP contribution in [-0.4, -0.2) is 18.5 Å². The van der Waals surface area contributed by atoms with Crippen LogP contribution in [0.25, 0.3) is 0 Å². The predicted molar refractivity (Wildman–Crippen MR) is 80.3 cm³/mol. The second-order valence-electron chi connectivity index (χ2n) is 5.17. The van der Waals surface area contributed by atoms with Crippen LogP contribution in [-0.2, 0) is 11.5 Å². The molecule has 0 bridgehead atoms. The van der Waals surface area contributed by atoms with Crippen LogP contribution in [0.1, 0.15) is 11.1 Å². The van der Waals surface area contributed by atoms with Crippen molar-refractivity contribution < 1.29 is 9.84 Å². The monoisotopic (exact) mass is 274 g/mol. The van der Waals surface area contributed by atoms with Crippen molar-refractivity contribution in [3.63, 3.8) is 0 Å². The largest absolute Gasteiger partial charge is 0.504 e. The lowest BCUT2D eigenvalue weighted by molar-refractivity contribution is 0.372. The van der Waals surface area contributed by atoms with Crippen LogP contribution in [0.2, 0.25) is 0 Å². The number of methoxy groups -OCH3 is 1. The minimum absolute atomic E-state index is 0.213. The molecule has 1 aliphatic heterocycles. The Morgan fingerprint density at radius 3 is 2.26 bits per heavy atom. The van der Waals surface area contributed by atoms with Crippen molar-refractivity contribution in [3.8, 4) is 11.5 Å². The van der Waals surface area contributed by atoms with Gasteiger partial charge >= 0.3 is 0 Å². The van der Waals surface area contributed by atoms with Crippen LogP contribution >= 0.6 is 10.0 Å². The molecule has 0 radical (unpaired) electrons. The summed E-state index contributed by atoms with van der Waals surface area (Å²) in [7, 11) is 0.715. The van der Waals surface area contributed by atoms with Crippen molar-refractivity contribution in [2.24, 2.45) is 0 Å². The van der Waals surface area contributed by atoms with Gasteiger partial charge in [0.2, 0.25) is 0 Å². The van der Waals surface area contributed by atoms with Crippen LogP contribution in [0.3, 0.4) is 0 Å². The van der Waals surface area contributed by atoms with Gasteiger partial charge < -0.3 is 9.84 Å². The topological polar surface area (TPSA) is 29.5 Å². The zero-order valence-electron chi connectivity index (χ0n) is 11.2. The molecule has 2 aromatic carbocycles. The minimum Gasteiger partial charge on any atom is -0.504 e. The van der Waals surface area contributed by atoms with E-state index >= 15 is 0 Å². The summed E-state index contributed by atoms with van der Waals surface area (Å²) in [5.41, 5.74) is 2.93. The fraction of sp³-hybridized carbons (Fsp3) is 0.250. The van der Waals surface area contributed by atoms with E-state index in [0.29, 0.717) is 5.75 Å². The summed E-state index contributed by atoms with van der Waals surface area (Å²) in [6.45, 7) is 0. The van der Waals surface area contributed by atoms with E-state index in [1.807, 2.05) is 12.1 Å². The average Bonchev–Trinajstić information content (AvgIpc) is 2.76. The lowest BCUT2D eigenvalue weighted by Gasteiger charge is -2.31. The number of hydrogen-bond acceptors (Lipinski definition) is 2. The Labute approximate surface area is 115 Å².